The van der Waals surface area contributed by atoms with E-state index < -0.39 is 0 Å². The molecular formula is C8H3Br3N2. The van der Waals surface area contributed by atoms with Crippen LogP contribution < -0.4 is 0 Å². The molecule has 0 radical (unpaired) electrons. The fourth-order valence-electron chi connectivity index (χ4n) is 1.08. The molecule has 0 saturated heterocycles. The van der Waals surface area contributed by atoms with Gasteiger partial charge < -0.3 is 0 Å². The Morgan fingerprint density at radius 2 is 1.77 bits per heavy atom. The molecule has 0 atom stereocenters. The Morgan fingerprint density at radius 3 is 2.54 bits per heavy atom. The second-order valence-corrected chi connectivity index (χ2v) is 5.10. The van der Waals surface area contributed by atoms with Gasteiger partial charge in [-0.3, -0.25) is 0 Å². The average molecular weight is 367 g/mol. The molecule has 0 aliphatic rings. The lowest BCUT2D eigenvalue weighted by atomic mass is 10.2. The molecular weight excluding hydrogens is 364 g/mol. The zero-order valence-corrected chi connectivity index (χ0v) is 11.0. The summed E-state index contributed by atoms with van der Waals surface area (Å²) in [5.41, 5.74) is 0.857. The van der Waals surface area contributed by atoms with Crippen molar-refractivity contribution in [1.82, 2.24) is 10.2 Å². The Morgan fingerprint density at radius 1 is 1.00 bits per heavy atom. The zero-order chi connectivity index (χ0) is 9.42. The van der Waals surface area contributed by atoms with Crippen molar-refractivity contribution >= 4 is 58.7 Å². The molecule has 0 spiro atoms. The van der Waals surface area contributed by atoms with E-state index in [-0.39, 0.29) is 0 Å². The molecule has 66 valence electrons. The summed E-state index contributed by atoms with van der Waals surface area (Å²) in [6, 6.07) is 3.91. The molecule has 0 aliphatic carbocycles. The van der Waals surface area contributed by atoms with Gasteiger partial charge in [0.2, 0.25) is 0 Å². The molecule has 1 aromatic carbocycles. The molecule has 0 fully saturated rings. The van der Waals surface area contributed by atoms with E-state index in [4.69, 9.17) is 0 Å². The van der Waals surface area contributed by atoms with E-state index in [2.05, 4.69) is 58.0 Å². The van der Waals surface area contributed by atoms with Gasteiger partial charge >= 0.3 is 0 Å². The molecule has 5 heteroatoms. The third kappa shape index (κ3) is 1.78. The van der Waals surface area contributed by atoms with E-state index in [1.54, 1.807) is 6.20 Å². The molecule has 0 saturated carbocycles. The third-order valence-electron chi connectivity index (χ3n) is 1.61. The van der Waals surface area contributed by atoms with Crippen LogP contribution in [0.2, 0.25) is 0 Å². The summed E-state index contributed by atoms with van der Waals surface area (Å²) >= 11 is 10.3. The van der Waals surface area contributed by atoms with E-state index in [1.807, 2.05) is 12.1 Å². The Balaban J connectivity index is 2.94. The maximum Gasteiger partial charge on any atom is 0.0963 e. The van der Waals surface area contributed by atoms with Crippen molar-refractivity contribution in [1.29, 1.82) is 0 Å². The lowest BCUT2D eigenvalue weighted by Crippen LogP contribution is -1.85. The van der Waals surface area contributed by atoms with Crippen LogP contribution >= 0.6 is 47.8 Å². The van der Waals surface area contributed by atoms with Gasteiger partial charge in [0, 0.05) is 18.8 Å². The molecule has 0 amide bonds. The summed E-state index contributed by atoms with van der Waals surface area (Å²) in [6.45, 7) is 0. The number of hydrogen-bond donors (Lipinski definition) is 0. The molecule has 0 bridgehead atoms. The highest BCUT2D eigenvalue weighted by Crippen LogP contribution is 2.31. The number of nitrogens with zero attached hydrogens (tertiary/aromatic N) is 2. The van der Waals surface area contributed by atoms with Crippen molar-refractivity contribution in [3.63, 3.8) is 0 Å². The Kier molecular flexibility index (Phi) is 2.67. The quantitative estimate of drug-likeness (QED) is 0.706. The highest BCUT2D eigenvalue weighted by Gasteiger charge is 2.05. The molecule has 1 aromatic heterocycles. The van der Waals surface area contributed by atoms with Crippen LogP contribution in [0.25, 0.3) is 10.9 Å². The van der Waals surface area contributed by atoms with Gasteiger partial charge in [0.05, 0.1) is 11.7 Å². The van der Waals surface area contributed by atoms with Crippen LogP contribution in [-0.4, -0.2) is 10.2 Å². The van der Waals surface area contributed by atoms with E-state index >= 15 is 0 Å². The van der Waals surface area contributed by atoms with Crippen molar-refractivity contribution < 1.29 is 0 Å². The predicted octanol–water partition coefficient (Wildman–Crippen LogP) is 3.92. The second-order valence-electron chi connectivity index (χ2n) is 2.47. The number of aromatic nitrogens is 2. The van der Waals surface area contributed by atoms with Crippen molar-refractivity contribution in [2.75, 3.05) is 0 Å². The third-order valence-corrected chi connectivity index (χ3v) is 3.29. The highest BCUT2D eigenvalue weighted by molar-refractivity contribution is 9.11. The summed E-state index contributed by atoms with van der Waals surface area (Å²) in [4.78, 5) is 0. The minimum atomic E-state index is 0.857. The SMILES string of the molecule is Brc1cc(Br)c2c(Br)cnnc2c1. The molecule has 2 aromatic rings. The molecule has 1 heterocycles. The first-order valence-electron chi connectivity index (χ1n) is 3.44. The Labute approximate surface area is 100 Å². The summed E-state index contributed by atoms with van der Waals surface area (Å²) < 4.78 is 2.93. The number of rotatable bonds is 0. The molecule has 0 aliphatic heterocycles. The lowest BCUT2D eigenvalue weighted by Gasteiger charge is -2.01. The minimum absolute atomic E-state index is 0.857. The largest absolute Gasteiger partial charge is 0.157 e. The molecule has 2 rings (SSSR count). The maximum atomic E-state index is 4.02. The fourth-order valence-corrected chi connectivity index (χ4v) is 3.27. The molecule has 0 unspecified atom stereocenters. The Bertz CT molecular complexity index is 470. The van der Waals surface area contributed by atoms with Gasteiger partial charge in [-0.15, -0.1) is 0 Å². The molecule has 2 nitrogen and oxygen atoms in total. The fraction of sp³-hybridized carbons (Fsp3) is 0. The van der Waals surface area contributed by atoms with Crippen LogP contribution in [0.5, 0.6) is 0 Å². The number of hydrogen-bond acceptors (Lipinski definition) is 2. The zero-order valence-electron chi connectivity index (χ0n) is 6.26. The lowest BCUT2D eigenvalue weighted by molar-refractivity contribution is 1.07. The predicted molar refractivity (Wildman–Crippen MR) is 62.6 cm³/mol. The normalized spacial score (nSPS) is 10.7. The van der Waals surface area contributed by atoms with Crippen LogP contribution in [0.15, 0.2) is 31.7 Å². The van der Waals surface area contributed by atoms with E-state index in [1.165, 1.54) is 0 Å². The number of fused-ring (bicyclic) bond motifs is 1. The van der Waals surface area contributed by atoms with E-state index in [0.29, 0.717) is 0 Å². The number of halogens is 3. The van der Waals surface area contributed by atoms with Crippen LogP contribution in [0.1, 0.15) is 0 Å². The monoisotopic (exact) mass is 364 g/mol. The van der Waals surface area contributed by atoms with Gasteiger partial charge in [0.25, 0.3) is 0 Å². The smallest absolute Gasteiger partial charge is 0.0963 e. The van der Waals surface area contributed by atoms with Gasteiger partial charge in [0.1, 0.15) is 0 Å². The first-order chi connectivity index (χ1) is 6.18. The first kappa shape index (κ1) is 9.55. The average Bonchev–Trinajstić information content (AvgIpc) is 2.02. The Hall–Kier alpha value is -0.000000000000000111. The summed E-state index contributed by atoms with van der Waals surface area (Å²) in [5.74, 6) is 0. The summed E-state index contributed by atoms with van der Waals surface area (Å²) in [7, 11) is 0. The summed E-state index contributed by atoms with van der Waals surface area (Å²) in [5, 5.41) is 8.92. The minimum Gasteiger partial charge on any atom is -0.157 e. The van der Waals surface area contributed by atoms with Crippen molar-refractivity contribution in [2.45, 2.75) is 0 Å². The van der Waals surface area contributed by atoms with Gasteiger partial charge in [-0.1, -0.05) is 31.9 Å². The van der Waals surface area contributed by atoms with Gasteiger partial charge in [-0.25, -0.2) is 0 Å². The van der Waals surface area contributed by atoms with Crippen molar-refractivity contribution in [2.24, 2.45) is 0 Å². The molecule has 0 N–H and O–H groups in total. The number of benzene rings is 1. The standard InChI is InChI=1S/C8H3Br3N2/c9-4-1-5(10)8-6(11)3-12-13-7(8)2-4/h1-3H. The molecule has 13 heavy (non-hydrogen) atoms. The van der Waals surface area contributed by atoms with Gasteiger partial charge in [-0.05, 0) is 28.1 Å². The van der Waals surface area contributed by atoms with E-state index in [0.717, 1.165) is 24.3 Å². The first-order valence-corrected chi connectivity index (χ1v) is 5.82. The van der Waals surface area contributed by atoms with Gasteiger partial charge in [-0.2, -0.15) is 10.2 Å². The van der Waals surface area contributed by atoms with E-state index in [9.17, 15) is 0 Å². The second kappa shape index (κ2) is 3.63. The topological polar surface area (TPSA) is 25.8 Å². The van der Waals surface area contributed by atoms with Crippen LogP contribution in [0, 0.1) is 0 Å². The van der Waals surface area contributed by atoms with Crippen molar-refractivity contribution in [3.8, 4) is 0 Å². The van der Waals surface area contributed by atoms with Crippen LogP contribution in [0.4, 0.5) is 0 Å². The van der Waals surface area contributed by atoms with Crippen LogP contribution in [0.3, 0.4) is 0 Å². The van der Waals surface area contributed by atoms with Gasteiger partial charge in [0.15, 0.2) is 0 Å². The van der Waals surface area contributed by atoms with Crippen LogP contribution in [-0.2, 0) is 0 Å². The maximum absolute atomic E-state index is 4.02. The van der Waals surface area contributed by atoms with Crippen molar-refractivity contribution in [3.05, 3.63) is 31.7 Å². The summed E-state index contributed by atoms with van der Waals surface area (Å²) in [6.07, 6.45) is 1.68. The highest BCUT2D eigenvalue weighted by atomic mass is 79.9.